The maximum absolute atomic E-state index is 12.7. The Morgan fingerprint density at radius 1 is 1.15 bits per heavy atom. The first kappa shape index (κ1) is 16.6. The van der Waals surface area contributed by atoms with Crippen molar-refractivity contribution in [2.75, 3.05) is 6.54 Å². The number of hydrogen-bond donors (Lipinski definition) is 0. The third-order valence-corrected chi connectivity index (χ3v) is 6.50. The summed E-state index contributed by atoms with van der Waals surface area (Å²) in [5, 5.41) is 0. The number of rotatable bonds is 2. The molecule has 0 spiro atoms. The van der Waals surface area contributed by atoms with Gasteiger partial charge in [0.1, 0.15) is 4.75 Å². The molecule has 0 aromatic carbocycles. The predicted octanol–water partition coefficient (Wildman–Crippen LogP) is 2.54. The molecule has 4 nitrogen and oxygen atoms in total. The molecule has 2 fully saturated rings. The van der Waals surface area contributed by atoms with Crippen molar-refractivity contribution in [1.82, 2.24) is 4.31 Å². The van der Waals surface area contributed by atoms with Gasteiger partial charge in [-0.3, -0.25) is 0 Å². The van der Waals surface area contributed by atoms with Crippen LogP contribution in [0.1, 0.15) is 61.3 Å². The standard InChI is InChI=1S/C14H28BNO3S/c1-12(2,3)20(17)16-10-8-9-11(16)15-18-13(4,5)14(6,7)19-15/h11H,8-10H2,1-7H3/t11-,20+/m0/s1. The summed E-state index contributed by atoms with van der Waals surface area (Å²) >= 11 is -1.02. The summed E-state index contributed by atoms with van der Waals surface area (Å²) in [4.78, 5) is 0. The van der Waals surface area contributed by atoms with Gasteiger partial charge in [0, 0.05) is 17.9 Å². The molecule has 2 heterocycles. The van der Waals surface area contributed by atoms with Gasteiger partial charge in [0.15, 0.2) is 0 Å². The molecule has 0 aromatic heterocycles. The fourth-order valence-electron chi connectivity index (χ4n) is 2.64. The predicted molar refractivity (Wildman–Crippen MR) is 83.7 cm³/mol. The van der Waals surface area contributed by atoms with E-state index < -0.39 is 11.4 Å². The summed E-state index contributed by atoms with van der Waals surface area (Å²) in [6, 6.07) is 0. The highest BCUT2D eigenvalue weighted by molar-refractivity contribution is 7.90. The lowest BCUT2D eigenvalue weighted by Crippen LogP contribution is -2.51. The van der Waals surface area contributed by atoms with E-state index in [1.54, 1.807) is 0 Å². The normalized spacial score (nSPS) is 31.8. The minimum absolute atomic E-state index is 0.0936. The van der Waals surface area contributed by atoms with Crippen molar-refractivity contribution in [2.45, 2.75) is 83.2 Å². The first-order valence-electron chi connectivity index (χ1n) is 7.50. The van der Waals surface area contributed by atoms with E-state index >= 15 is 0 Å². The molecule has 0 aromatic rings. The van der Waals surface area contributed by atoms with Crippen LogP contribution in [0, 0.1) is 0 Å². The van der Waals surface area contributed by atoms with Crippen LogP contribution in [0.25, 0.3) is 0 Å². The molecule has 0 unspecified atom stereocenters. The van der Waals surface area contributed by atoms with Crippen LogP contribution < -0.4 is 0 Å². The van der Waals surface area contributed by atoms with Crippen LogP contribution in [0.3, 0.4) is 0 Å². The van der Waals surface area contributed by atoms with Crippen LogP contribution in [-0.4, -0.2) is 44.4 Å². The highest BCUT2D eigenvalue weighted by Crippen LogP contribution is 2.41. The highest BCUT2D eigenvalue weighted by Gasteiger charge is 2.58. The Labute approximate surface area is 127 Å². The second-order valence-electron chi connectivity index (χ2n) is 7.84. The zero-order chi connectivity index (χ0) is 15.3. The molecular formula is C14H28BNO3S. The molecule has 0 aliphatic carbocycles. The van der Waals surface area contributed by atoms with Gasteiger partial charge in [0.25, 0.3) is 0 Å². The summed E-state index contributed by atoms with van der Waals surface area (Å²) in [6.45, 7) is 15.2. The Balaban J connectivity index is 2.13. The van der Waals surface area contributed by atoms with E-state index in [0.29, 0.717) is 0 Å². The molecule has 116 valence electrons. The van der Waals surface area contributed by atoms with Crippen molar-refractivity contribution in [3.8, 4) is 0 Å². The molecule has 0 radical (unpaired) electrons. The summed E-state index contributed by atoms with van der Waals surface area (Å²) in [7, 11) is -0.284. The number of hydrogen-bond acceptors (Lipinski definition) is 4. The van der Waals surface area contributed by atoms with Gasteiger partial charge in [-0.2, -0.15) is 0 Å². The molecule has 2 aliphatic rings. The number of nitrogens with zero attached hydrogens (tertiary/aromatic N) is 1. The van der Waals surface area contributed by atoms with Crippen LogP contribution in [-0.2, 0) is 20.7 Å². The lowest BCUT2D eigenvalue weighted by molar-refractivity contribution is 0.00578. The zero-order valence-electron chi connectivity index (χ0n) is 13.9. The lowest BCUT2D eigenvalue weighted by atomic mass is 9.77. The van der Waals surface area contributed by atoms with Crippen molar-refractivity contribution in [1.29, 1.82) is 0 Å². The second kappa shape index (κ2) is 5.16. The summed E-state index contributed by atoms with van der Waals surface area (Å²) < 4.78 is 26.8. The monoisotopic (exact) mass is 301 g/mol. The smallest absolute Gasteiger partial charge is 0.481 e. The topological polar surface area (TPSA) is 44.8 Å². The molecule has 6 heteroatoms. The largest absolute Gasteiger partial charge is 0.598 e. The molecular weight excluding hydrogens is 273 g/mol. The average molecular weight is 301 g/mol. The van der Waals surface area contributed by atoms with Gasteiger partial charge in [-0.25, -0.2) is 0 Å². The Hall–Kier alpha value is 0.255. The van der Waals surface area contributed by atoms with Gasteiger partial charge in [-0.1, -0.05) is 0 Å². The van der Waals surface area contributed by atoms with E-state index in [-0.39, 0.29) is 29.0 Å². The minimum atomic E-state index is -1.02. The van der Waals surface area contributed by atoms with E-state index in [2.05, 4.69) is 32.0 Å². The maximum Gasteiger partial charge on any atom is 0.481 e. The van der Waals surface area contributed by atoms with E-state index in [1.165, 1.54) is 0 Å². The van der Waals surface area contributed by atoms with Crippen LogP contribution in [0.15, 0.2) is 0 Å². The molecule has 20 heavy (non-hydrogen) atoms. The van der Waals surface area contributed by atoms with Gasteiger partial charge >= 0.3 is 7.12 Å². The quantitative estimate of drug-likeness (QED) is 0.581. The van der Waals surface area contributed by atoms with Gasteiger partial charge in [-0.05, 0) is 61.3 Å². The van der Waals surface area contributed by atoms with E-state index in [4.69, 9.17) is 9.31 Å². The Morgan fingerprint density at radius 2 is 1.65 bits per heavy atom. The van der Waals surface area contributed by atoms with Gasteiger partial charge in [0.2, 0.25) is 0 Å². The Morgan fingerprint density at radius 3 is 2.10 bits per heavy atom. The molecule has 0 bridgehead atoms. The van der Waals surface area contributed by atoms with Crippen LogP contribution in [0.5, 0.6) is 0 Å². The maximum atomic E-state index is 12.7. The Kier molecular flexibility index (Phi) is 4.29. The van der Waals surface area contributed by atoms with Gasteiger partial charge in [-0.15, -0.1) is 4.31 Å². The molecule has 2 rings (SSSR count). The van der Waals surface area contributed by atoms with Gasteiger partial charge in [0.05, 0.1) is 17.1 Å². The van der Waals surface area contributed by atoms with Gasteiger partial charge < -0.3 is 13.9 Å². The van der Waals surface area contributed by atoms with E-state index in [9.17, 15) is 4.55 Å². The average Bonchev–Trinajstić information content (AvgIpc) is 2.79. The van der Waals surface area contributed by atoms with Crippen LogP contribution >= 0.6 is 0 Å². The summed E-state index contributed by atoms with van der Waals surface area (Å²) in [5.41, 5.74) is -0.649. The van der Waals surface area contributed by atoms with E-state index in [0.717, 1.165) is 19.4 Å². The molecule has 2 saturated heterocycles. The van der Waals surface area contributed by atoms with Crippen molar-refractivity contribution < 1.29 is 13.9 Å². The fraction of sp³-hybridized carbons (Fsp3) is 1.00. The fourth-order valence-corrected chi connectivity index (χ4v) is 4.09. The van der Waals surface area contributed by atoms with Crippen molar-refractivity contribution >= 4 is 18.5 Å². The van der Waals surface area contributed by atoms with Crippen molar-refractivity contribution in [3.63, 3.8) is 0 Å². The third kappa shape index (κ3) is 2.90. The molecule has 2 aliphatic heterocycles. The molecule has 2 atom stereocenters. The van der Waals surface area contributed by atoms with Crippen LogP contribution in [0.4, 0.5) is 0 Å². The first-order chi connectivity index (χ1) is 8.96. The van der Waals surface area contributed by atoms with Crippen LogP contribution in [0.2, 0.25) is 0 Å². The third-order valence-electron chi connectivity index (χ3n) is 4.57. The summed E-state index contributed by atoms with van der Waals surface area (Å²) in [5.74, 6) is 0.0936. The zero-order valence-corrected chi connectivity index (χ0v) is 14.7. The highest BCUT2D eigenvalue weighted by atomic mass is 32.2. The van der Waals surface area contributed by atoms with Crippen molar-refractivity contribution in [2.24, 2.45) is 0 Å². The minimum Gasteiger partial charge on any atom is -0.598 e. The van der Waals surface area contributed by atoms with E-state index in [1.807, 2.05) is 20.8 Å². The molecule has 0 amide bonds. The SMILES string of the molecule is CC(C)(C)[S@@+]([O-])N1CCC[C@H]1B1OC(C)(C)C(C)(C)O1. The molecule has 0 N–H and O–H groups in total. The summed E-state index contributed by atoms with van der Waals surface area (Å²) in [6.07, 6.45) is 2.04. The lowest BCUT2D eigenvalue weighted by Gasteiger charge is -2.34. The second-order valence-corrected chi connectivity index (χ2v) is 10.0. The molecule has 0 saturated carbocycles. The first-order valence-corrected chi connectivity index (χ1v) is 8.61. The van der Waals surface area contributed by atoms with Crippen molar-refractivity contribution in [3.05, 3.63) is 0 Å². The Bertz CT molecular complexity index is 354.